The van der Waals surface area contributed by atoms with Crippen LogP contribution in [0.3, 0.4) is 0 Å². The van der Waals surface area contributed by atoms with Gasteiger partial charge in [-0.2, -0.15) is 0 Å². The third-order valence-corrected chi connectivity index (χ3v) is 4.42. The molecule has 0 aromatic rings. The van der Waals surface area contributed by atoms with Gasteiger partial charge in [-0.1, -0.05) is 129 Å². The first-order valence-corrected chi connectivity index (χ1v) is 10.0. The van der Waals surface area contributed by atoms with Gasteiger partial charge in [0.2, 0.25) is 0 Å². The zero-order valence-corrected chi connectivity index (χ0v) is 15.0. The van der Waals surface area contributed by atoms with E-state index in [0.29, 0.717) is 0 Å². The first-order chi connectivity index (χ1) is 10.4. The van der Waals surface area contributed by atoms with E-state index >= 15 is 0 Å². The van der Waals surface area contributed by atoms with Crippen LogP contribution in [-0.4, -0.2) is 0 Å². The zero-order chi connectivity index (χ0) is 15.4. The Morgan fingerprint density at radius 2 is 0.905 bits per heavy atom. The molecule has 0 aliphatic carbocycles. The lowest BCUT2D eigenvalue weighted by molar-refractivity contribution is 0.559. The molecule has 0 heterocycles. The summed E-state index contributed by atoms with van der Waals surface area (Å²) < 4.78 is 0. The molecular formula is C21H42. The molecule has 126 valence electrons. The highest BCUT2D eigenvalue weighted by Gasteiger charge is 1.94. The minimum absolute atomic E-state index is 1.12. The van der Waals surface area contributed by atoms with Gasteiger partial charge in [0.25, 0.3) is 0 Å². The Morgan fingerprint density at radius 1 is 0.524 bits per heavy atom. The summed E-state index contributed by atoms with van der Waals surface area (Å²) in [7, 11) is 0. The van der Waals surface area contributed by atoms with Crippen LogP contribution in [0, 0.1) is 13.3 Å². The summed E-state index contributed by atoms with van der Waals surface area (Å²) in [6.45, 7) is 6.18. The van der Waals surface area contributed by atoms with Crippen molar-refractivity contribution in [2.75, 3.05) is 0 Å². The van der Waals surface area contributed by atoms with E-state index in [2.05, 4.69) is 20.3 Å². The minimum atomic E-state index is 1.12. The molecular weight excluding hydrogens is 252 g/mol. The van der Waals surface area contributed by atoms with Crippen LogP contribution in [0.15, 0.2) is 0 Å². The molecule has 0 heteroatoms. The predicted octanol–water partition coefficient (Wildman–Crippen LogP) is 8.07. The third kappa shape index (κ3) is 20.0. The molecule has 0 unspecified atom stereocenters. The number of hydrogen-bond donors (Lipinski definition) is 0. The molecule has 0 saturated carbocycles. The van der Waals surface area contributed by atoms with Crippen molar-refractivity contribution in [1.29, 1.82) is 0 Å². The summed E-state index contributed by atoms with van der Waals surface area (Å²) in [6, 6.07) is 0. The van der Waals surface area contributed by atoms with Crippen molar-refractivity contribution in [2.24, 2.45) is 0 Å². The van der Waals surface area contributed by atoms with Crippen LogP contribution in [-0.2, 0) is 0 Å². The molecule has 0 N–H and O–H groups in total. The molecule has 0 aliphatic rings. The van der Waals surface area contributed by atoms with Crippen LogP contribution in [0.4, 0.5) is 0 Å². The van der Waals surface area contributed by atoms with Gasteiger partial charge < -0.3 is 0 Å². The van der Waals surface area contributed by atoms with Gasteiger partial charge in [0.05, 0.1) is 0 Å². The van der Waals surface area contributed by atoms with E-state index in [1.54, 1.807) is 0 Å². The number of unbranched alkanes of at least 4 members (excludes halogenated alkanes) is 18. The molecule has 0 atom stereocenters. The third-order valence-electron chi connectivity index (χ3n) is 4.42. The molecule has 2 radical (unpaired) electrons. The molecule has 0 spiro atoms. The fourth-order valence-electron chi connectivity index (χ4n) is 2.92. The summed E-state index contributed by atoms with van der Waals surface area (Å²) in [5.41, 5.74) is 0. The molecule has 0 amide bonds. The van der Waals surface area contributed by atoms with Gasteiger partial charge >= 0.3 is 0 Å². The number of rotatable bonds is 18. The van der Waals surface area contributed by atoms with Gasteiger partial charge in [0.15, 0.2) is 0 Å². The average Bonchev–Trinajstić information content (AvgIpc) is 2.50. The summed E-state index contributed by atoms with van der Waals surface area (Å²) in [6.07, 6.45) is 27.8. The van der Waals surface area contributed by atoms with E-state index in [1.807, 2.05) is 0 Å². The molecule has 0 aromatic carbocycles. The van der Waals surface area contributed by atoms with Crippen LogP contribution in [0.2, 0.25) is 0 Å². The van der Waals surface area contributed by atoms with Crippen molar-refractivity contribution < 1.29 is 0 Å². The van der Waals surface area contributed by atoms with Gasteiger partial charge in [-0.15, -0.1) is 0 Å². The fraction of sp³-hybridized carbons (Fsp3) is 0.905. The summed E-state index contributed by atoms with van der Waals surface area (Å²) in [4.78, 5) is 0. The molecule has 21 heavy (non-hydrogen) atoms. The monoisotopic (exact) mass is 294 g/mol. The quantitative estimate of drug-likeness (QED) is 0.224. The first-order valence-electron chi connectivity index (χ1n) is 10.0. The molecule has 0 aliphatic heterocycles. The Morgan fingerprint density at radius 3 is 1.33 bits per heavy atom. The Balaban J connectivity index is 2.90. The fourth-order valence-corrected chi connectivity index (χ4v) is 2.92. The maximum atomic E-state index is 3.89. The predicted molar refractivity (Wildman–Crippen MR) is 98.4 cm³/mol. The molecule has 0 fully saturated rings. The van der Waals surface area contributed by atoms with Crippen molar-refractivity contribution in [1.82, 2.24) is 0 Å². The van der Waals surface area contributed by atoms with Gasteiger partial charge in [0, 0.05) is 0 Å². The molecule has 0 saturated heterocycles. The Kier molecular flexibility index (Phi) is 20.0. The van der Waals surface area contributed by atoms with Gasteiger partial charge in [-0.25, -0.2) is 0 Å². The van der Waals surface area contributed by atoms with Crippen molar-refractivity contribution in [3.8, 4) is 0 Å². The normalized spacial score (nSPS) is 11.1. The van der Waals surface area contributed by atoms with Gasteiger partial charge in [-0.3, -0.25) is 0 Å². The van der Waals surface area contributed by atoms with Crippen LogP contribution in [0.1, 0.15) is 122 Å². The van der Waals surface area contributed by atoms with Crippen LogP contribution >= 0.6 is 0 Å². The smallest absolute Gasteiger partial charge is 0.0386 e. The maximum absolute atomic E-state index is 3.89. The number of hydrogen-bond acceptors (Lipinski definition) is 0. The lowest BCUT2D eigenvalue weighted by atomic mass is 10.0. The van der Waals surface area contributed by atoms with Crippen molar-refractivity contribution in [3.63, 3.8) is 0 Å². The maximum Gasteiger partial charge on any atom is -0.0386 e. The molecule has 0 nitrogen and oxygen atoms in total. The highest BCUT2D eigenvalue weighted by molar-refractivity contribution is 4.64. The highest BCUT2D eigenvalue weighted by atomic mass is 14.0. The second-order valence-electron chi connectivity index (χ2n) is 6.67. The topological polar surface area (TPSA) is 0 Å². The zero-order valence-electron chi connectivity index (χ0n) is 15.0. The summed E-state index contributed by atoms with van der Waals surface area (Å²) in [5, 5.41) is 0. The second-order valence-corrected chi connectivity index (χ2v) is 6.67. The summed E-state index contributed by atoms with van der Waals surface area (Å²) in [5.74, 6) is 0. The Labute approximate surface area is 136 Å². The SMILES string of the molecule is [CH2]CCCCCCCCCC[CH]CCCCCCCCC. The minimum Gasteiger partial charge on any atom is -0.0654 e. The second kappa shape index (κ2) is 20.0. The van der Waals surface area contributed by atoms with Crippen molar-refractivity contribution in [2.45, 2.75) is 122 Å². The van der Waals surface area contributed by atoms with Crippen molar-refractivity contribution >= 4 is 0 Å². The van der Waals surface area contributed by atoms with Crippen molar-refractivity contribution in [3.05, 3.63) is 13.3 Å². The van der Waals surface area contributed by atoms with E-state index in [-0.39, 0.29) is 0 Å². The molecule has 0 aromatic heterocycles. The molecule has 0 rings (SSSR count). The van der Waals surface area contributed by atoms with Crippen LogP contribution in [0.5, 0.6) is 0 Å². The lowest BCUT2D eigenvalue weighted by Gasteiger charge is -2.03. The van der Waals surface area contributed by atoms with E-state index < -0.39 is 0 Å². The van der Waals surface area contributed by atoms with E-state index in [0.717, 1.165) is 6.42 Å². The lowest BCUT2D eigenvalue weighted by Crippen LogP contribution is -1.84. The Hall–Kier alpha value is 0. The highest BCUT2D eigenvalue weighted by Crippen LogP contribution is 2.13. The van der Waals surface area contributed by atoms with Crippen LogP contribution < -0.4 is 0 Å². The summed E-state index contributed by atoms with van der Waals surface area (Å²) >= 11 is 0. The molecule has 0 bridgehead atoms. The van der Waals surface area contributed by atoms with E-state index in [4.69, 9.17) is 0 Å². The average molecular weight is 295 g/mol. The largest absolute Gasteiger partial charge is 0.0654 e. The first kappa shape index (κ1) is 21.0. The van der Waals surface area contributed by atoms with Gasteiger partial charge in [-0.05, 0) is 6.42 Å². The van der Waals surface area contributed by atoms with E-state index in [1.165, 1.54) is 109 Å². The standard InChI is InChI=1S/C21H42/c1-3-5-7-9-11-13-15-17-19-21-20-18-16-14-12-10-8-6-4-2/h20H,1,3-19,21H2,2H3. The van der Waals surface area contributed by atoms with Gasteiger partial charge in [0.1, 0.15) is 0 Å². The van der Waals surface area contributed by atoms with Crippen LogP contribution in [0.25, 0.3) is 0 Å². The van der Waals surface area contributed by atoms with E-state index in [9.17, 15) is 0 Å². The Bertz CT molecular complexity index is 143.